The zero-order chi connectivity index (χ0) is 32.2. The lowest BCUT2D eigenvalue weighted by Gasteiger charge is -2.50. The molecule has 0 aliphatic carbocycles. The first-order chi connectivity index (χ1) is 23.0. The standard InChI is InChI=1S/C39H36INO5S/c1-2-47-38-37(43-23-27-16-18-29-10-4-6-12-31(29)20-27)36(42-22-26-15-17-28-9-3-5-11-30(28)19-26)35-34(45-38)24-44-39(25-41,46-35)21-32-13-7-8-14-33(32)40/h3-20,34-38H,2,21-24H2,1H3/t34-,35-,36+,37-,38+,39?/m1/s1. The van der Waals surface area contributed by atoms with Gasteiger partial charge in [-0.25, -0.2) is 0 Å². The normalized spacial score (nSPS) is 25.8. The highest BCUT2D eigenvalue weighted by Gasteiger charge is 2.55. The van der Waals surface area contributed by atoms with Crippen molar-refractivity contribution in [3.8, 4) is 6.07 Å². The smallest absolute Gasteiger partial charge is 0.264 e. The van der Waals surface area contributed by atoms with Gasteiger partial charge in [-0.3, -0.25) is 0 Å². The Balaban J connectivity index is 1.20. The summed E-state index contributed by atoms with van der Waals surface area (Å²) in [5.74, 6) is -0.643. The SMILES string of the molecule is CCS[C@@H]1O[C@@H]2COC(C#N)(Cc3ccccc3I)O[C@H]2[C@H](OCc2ccc3ccccc3c2)[C@H]1OCc1ccc2ccccc2c1. The zero-order valence-electron chi connectivity index (χ0n) is 26.1. The molecule has 2 heterocycles. The van der Waals surface area contributed by atoms with Crippen molar-refractivity contribution >= 4 is 55.9 Å². The van der Waals surface area contributed by atoms with Crippen molar-refractivity contribution in [3.05, 3.63) is 129 Å². The number of fused-ring (bicyclic) bond motifs is 3. The van der Waals surface area contributed by atoms with Crippen LogP contribution in [0.3, 0.4) is 0 Å². The molecule has 0 saturated carbocycles. The van der Waals surface area contributed by atoms with Gasteiger partial charge >= 0.3 is 0 Å². The van der Waals surface area contributed by atoms with Gasteiger partial charge in [-0.2, -0.15) is 5.26 Å². The van der Waals surface area contributed by atoms with Crippen LogP contribution in [0.2, 0.25) is 0 Å². The van der Waals surface area contributed by atoms with Crippen LogP contribution in [-0.2, 0) is 43.3 Å². The van der Waals surface area contributed by atoms with E-state index >= 15 is 0 Å². The second-order valence-corrected chi connectivity index (χ2v) is 14.5. The van der Waals surface area contributed by atoms with Gasteiger partial charge in [0.1, 0.15) is 35.9 Å². The van der Waals surface area contributed by atoms with E-state index < -0.39 is 30.2 Å². The van der Waals surface area contributed by atoms with Crippen LogP contribution in [0.5, 0.6) is 0 Å². The van der Waals surface area contributed by atoms with Crippen LogP contribution in [-0.4, -0.2) is 48.0 Å². The summed E-state index contributed by atoms with van der Waals surface area (Å²) in [6.07, 6.45) is -1.69. The number of nitrogens with zero attached hydrogens (tertiary/aromatic N) is 1. The number of hydrogen-bond donors (Lipinski definition) is 0. The lowest BCUT2D eigenvalue weighted by atomic mass is 9.96. The molecule has 0 bridgehead atoms. The highest BCUT2D eigenvalue weighted by atomic mass is 127. The van der Waals surface area contributed by atoms with Crippen molar-refractivity contribution in [2.24, 2.45) is 0 Å². The zero-order valence-corrected chi connectivity index (χ0v) is 29.1. The minimum atomic E-state index is -1.48. The summed E-state index contributed by atoms with van der Waals surface area (Å²) in [4.78, 5) is 0. The summed E-state index contributed by atoms with van der Waals surface area (Å²) in [6, 6.07) is 39.8. The van der Waals surface area contributed by atoms with Crippen LogP contribution in [0.4, 0.5) is 0 Å². The molecule has 47 heavy (non-hydrogen) atoms. The van der Waals surface area contributed by atoms with E-state index in [4.69, 9.17) is 23.7 Å². The Bertz CT molecular complexity index is 1900. The average molecular weight is 758 g/mol. The number of halogens is 1. The Morgan fingerprint density at radius 1 is 0.809 bits per heavy atom. The van der Waals surface area contributed by atoms with Gasteiger partial charge in [-0.15, -0.1) is 11.8 Å². The van der Waals surface area contributed by atoms with E-state index in [-0.39, 0.29) is 12.0 Å². The van der Waals surface area contributed by atoms with Gasteiger partial charge in [0, 0.05) is 9.99 Å². The summed E-state index contributed by atoms with van der Waals surface area (Å²) in [5.41, 5.74) is 2.80. The molecule has 6 atom stereocenters. The average Bonchev–Trinajstić information content (AvgIpc) is 3.11. The van der Waals surface area contributed by atoms with Gasteiger partial charge in [-0.05, 0) is 84.8 Å². The number of benzene rings is 5. The van der Waals surface area contributed by atoms with Crippen LogP contribution in [0, 0.1) is 14.9 Å². The number of ether oxygens (including phenoxy) is 5. The summed E-state index contributed by atoms with van der Waals surface area (Å²) in [6.45, 7) is 3.07. The van der Waals surface area contributed by atoms with Gasteiger partial charge in [0.05, 0.1) is 19.8 Å². The maximum Gasteiger partial charge on any atom is 0.264 e. The van der Waals surface area contributed by atoms with Crippen LogP contribution >= 0.6 is 34.4 Å². The summed E-state index contributed by atoms with van der Waals surface area (Å²) in [7, 11) is 0. The minimum absolute atomic E-state index is 0.218. The Morgan fingerprint density at radius 2 is 1.40 bits per heavy atom. The lowest BCUT2D eigenvalue weighted by molar-refractivity contribution is -0.350. The third-order valence-corrected chi connectivity index (χ3v) is 10.9. The Kier molecular flexibility index (Phi) is 10.1. The molecule has 8 heteroatoms. The second kappa shape index (κ2) is 14.6. The minimum Gasteiger partial charge on any atom is -0.368 e. The molecule has 5 aromatic rings. The largest absolute Gasteiger partial charge is 0.368 e. The van der Waals surface area contributed by atoms with Crippen molar-refractivity contribution in [1.29, 1.82) is 5.26 Å². The van der Waals surface area contributed by atoms with E-state index in [0.29, 0.717) is 19.6 Å². The first kappa shape index (κ1) is 32.5. The van der Waals surface area contributed by atoms with Crippen molar-refractivity contribution in [2.45, 2.75) is 62.2 Å². The predicted molar refractivity (Wildman–Crippen MR) is 194 cm³/mol. The van der Waals surface area contributed by atoms with Gasteiger partial charge < -0.3 is 23.7 Å². The highest BCUT2D eigenvalue weighted by Crippen LogP contribution is 2.40. The Labute approximate surface area is 293 Å². The molecule has 0 radical (unpaired) electrons. The fourth-order valence-electron chi connectivity index (χ4n) is 6.42. The fraction of sp³-hybridized carbons (Fsp3) is 0.308. The van der Waals surface area contributed by atoms with Gasteiger partial charge in [0.15, 0.2) is 0 Å². The van der Waals surface area contributed by atoms with Crippen molar-refractivity contribution in [3.63, 3.8) is 0 Å². The van der Waals surface area contributed by atoms with Gasteiger partial charge in [-0.1, -0.05) is 97.9 Å². The Hall–Kier alpha value is -3.01. The summed E-state index contributed by atoms with van der Waals surface area (Å²) >= 11 is 3.98. The summed E-state index contributed by atoms with van der Waals surface area (Å²) < 4.78 is 34.2. The maximum absolute atomic E-state index is 10.5. The van der Waals surface area contributed by atoms with E-state index in [1.807, 2.05) is 48.5 Å². The van der Waals surface area contributed by atoms with Crippen LogP contribution in [0.1, 0.15) is 23.6 Å². The number of rotatable bonds is 10. The van der Waals surface area contributed by atoms with Crippen molar-refractivity contribution in [1.82, 2.24) is 0 Å². The third kappa shape index (κ3) is 7.22. The monoisotopic (exact) mass is 757 g/mol. The molecule has 2 fully saturated rings. The fourth-order valence-corrected chi connectivity index (χ4v) is 7.97. The van der Waals surface area contributed by atoms with Crippen LogP contribution < -0.4 is 0 Å². The molecular formula is C39H36INO5S. The number of hydrogen-bond acceptors (Lipinski definition) is 7. The molecule has 0 N–H and O–H groups in total. The number of thioether (sulfide) groups is 1. The topological polar surface area (TPSA) is 69.9 Å². The molecule has 6 nitrogen and oxygen atoms in total. The van der Waals surface area contributed by atoms with Gasteiger partial charge in [0.25, 0.3) is 5.79 Å². The molecular weight excluding hydrogens is 721 g/mol. The maximum atomic E-state index is 10.5. The van der Waals surface area contributed by atoms with E-state index in [0.717, 1.165) is 31.4 Å². The quantitative estimate of drug-likeness (QED) is 0.133. The highest BCUT2D eigenvalue weighted by molar-refractivity contribution is 14.1. The van der Waals surface area contributed by atoms with Gasteiger partial charge in [0.2, 0.25) is 0 Å². The first-order valence-electron chi connectivity index (χ1n) is 16.0. The molecule has 2 saturated heterocycles. The van der Waals surface area contributed by atoms with Crippen molar-refractivity contribution in [2.75, 3.05) is 12.4 Å². The molecule has 2 aliphatic heterocycles. The van der Waals surface area contributed by atoms with E-state index in [1.165, 1.54) is 16.2 Å². The van der Waals surface area contributed by atoms with Crippen LogP contribution in [0.25, 0.3) is 21.5 Å². The number of nitriles is 1. The molecule has 0 spiro atoms. The van der Waals surface area contributed by atoms with E-state index in [9.17, 15) is 5.26 Å². The Morgan fingerprint density at radius 3 is 2.02 bits per heavy atom. The van der Waals surface area contributed by atoms with Crippen molar-refractivity contribution < 1.29 is 23.7 Å². The van der Waals surface area contributed by atoms with E-state index in [2.05, 4.69) is 96.2 Å². The molecule has 2 aliphatic rings. The molecule has 0 aromatic heterocycles. The molecule has 7 rings (SSSR count). The van der Waals surface area contributed by atoms with Crippen LogP contribution in [0.15, 0.2) is 109 Å². The molecule has 240 valence electrons. The molecule has 5 aromatic carbocycles. The first-order valence-corrected chi connectivity index (χ1v) is 18.1. The molecule has 0 amide bonds. The summed E-state index contributed by atoms with van der Waals surface area (Å²) in [5, 5.41) is 15.2. The van der Waals surface area contributed by atoms with E-state index in [1.54, 1.807) is 11.8 Å². The predicted octanol–water partition coefficient (Wildman–Crippen LogP) is 8.42. The second-order valence-electron chi connectivity index (χ2n) is 11.9. The third-order valence-electron chi connectivity index (χ3n) is 8.79. The lowest BCUT2D eigenvalue weighted by Crippen LogP contribution is -2.66. The molecule has 1 unspecified atom stereocenters.